The molecule has 1 aromatic rings. The van der Waals surface area contributed by atoms with Crippen molar-refractivity contribution >= 4 is 5.69 Å². The first-order chi connectivity index (χ1) is 9.88. The molecular weight excluding hydrogens is 266 g/mol. The molecule has 2 heterocycles. The van der Waals surface area contributed by atoms with E-state index < -0.39 is 6.10 Å². The molecule has 2 rings (SSSR count). The zero-order valence-corrected chi connectivity index (χ0v) is 13.7. The minimum absolute atomic E-state index is 0.424. The van der Waals surface area contributed by atoms with Gasteiger partial charge in [0.25, 0.3) is 0 Å². The molecule has 0 aromatic carbocycles. The number of hydrogen-bond acceptors (Lipinski definition) is 5. The minimum atomic E-state index is -0.424. The molecular formula is C15H29N5O. The third-order valence-electron chi connectivity index (χ3n) is 4.63. The van der Waals surface area contributed by atoms with E-state index in [0.29, 0.717) is 19.1 Å². The molecule has 1 aliphatic heterocycles. The van der Waals surface area contributed by atoms with E-state index in [1.54, 1.807) is 0 Å². The number of nitrogens with zero attached hydrogens (tertiary/aromatic N) is 4. The molecule has 1 atom stereocenters. The van der Waals surface area contributed by atoms with Crippen molar-refractivity contribution in [3.05, 3.63) is 11.4 Å². The van der Waals surface area contributed by atoms with Crippen molar-refractivity contribution in [3.63, 3.8) is 0 Å². The number of aryl methyl sites for hydroxylation is 1. The number of likely N-dealkylation sites (N-methyl/N-ethyl adjacent to an activating group) is 1. The number of anilines is 1. The zero-order valence-electron chi connectivity index (χ0n) is 13.7. The third kappa shape index (κ3) is 3.96. The lowest BCUT2D eigenvalue weighted by molar-refractivity contribution is 0.0674. The summed E-state index contributed by atoms with van der Waals surface area (Å²) in [6.07, 6.45) is 1.92. The van der Waals surface area contributed by atoms with Crippen LogP contribution in [0, 0.1) is 13.8 Å². The number of nitrogen functional groups attached to an aromatic ring is 1. The second kappa shape index (κ2) is 6.77. The fraction of sp³-hybridized carbons (Fsp3) is 0.800. The Morgan fingerprint density at radius 1 is 1.38 bits per heavy atom. The summed E-state index contributed by atoms with van der Waals surface area (Å²) < 4.78 is 1.82. The van der Waals surface area contributed by atoms with Gasteiger partial charge in [-0.15, -0.1) is 0 Å². The predicted molar refractivity (Wildman–Crippen MR) is 85.3 cm³/mol. The van der Waals surface area contributed by atoms with E-state index in [4.69, 9.17) is 5.73 Å². The highest BCUT2D eigenvalue weighted by Crippen LogP contribution is 2.17. The summed E-state index contributed by atoms with van der Waals surface area (Å²) in [6.45, 7) is 7.30. The SMILES string of the molecule is Cc1nn(CC(O)CN(C)C2CCN(C)CC2)c(C)c1N. The van der Waals surface area contributed by atoms with Gasteiger partial charge in [0.15, 0.2) is 0 Å². The van der Waals surface area contributed by atoms with E-state index in [1.165, 1.54) is 12.8 Å². The van der Waals surface area contributed by atoms with Gasteiger partial charge in [0, 0.05) is 12.6 Å². The Morgan fingerprint density at radius 3 is 2.52 bits per heavy atom. The molecule has 6 nitrogen and oxygen atoms in total. The molecule has 120 valence electrons. The van der Waals surface area contributed by atoms with E-state index in [2.05, 4.69) is 29.0 Å². The Morgan fingerprint density at radius 2 is 2.00 bits per heavy atom. The lowest BCUT2D eigenvalue weighted by Crippen LogP contribution is -2.45. The van der Waals surface area contributed by atoms with Gasteiger partial charge in [0.1, 0.15) is 0 Å². The van der Waals surface area contributed by atoms with Gasteiger partial charge in [-0.1, -0.05) is 0 Å². The standard InChI is InChI=1S/C15H29N5O/c1-11-15(16)12(2)20(17-11)10-14(21)9-19(4)13-5-7-18(3)8-6-13/h13-14,21H,5-10,16H2,1-4H3. The van der Waals surface area contributed by atoms with E-state index in [1.807, 2.05) is 18.5 Å². The summed E-state index contributed by atoms with van der Waals surface area (Å²) in [5, 5.41) is 14.7. The highest BCUT2D eigenvalue weighted by molar-refractivity contribution is 5.46. The van der Waals surface area contributed by atoms with Crippen molar-refractivity contribution in [1.82, 2.24) is 19.6 Å². The summed E-state index contributed by atoms with van der Waals surface area (Å²) in [5.41, 5.74) is 8.43. The molecule has 1 unspecified atom stereocenters. The Bertz CT molecular complexity index is 465. The highest BCUT2D eigenvalue weighted by Gasteiger charge is 2.22. The van der Waals surface area contributed by atoms with Gasteiger partial charge in [0.05, 0.1) is 29.7 Å². The number of aliphatic hydroxyl groups excluding tert-OH is 1. The van der Waals surface area contributed by atoms with E-state index >= 15 is 0 Å². The van der Waals surface area contributed by atoms with Crippen LogP contribution < -0.4 is 5.73 Å². The van der Waals surface area contributed by atoms with Gasteiger partial charge in [-0.25, -0.2) is 0 Å². The van der Waals surface area contributed by atoms with Crippen LogP contribution in [-0.4, -0.2) is 70.6 Å². The molecule has 1 fully saturated rings. The topological polar surface area (TPSA) is 70.5 Å². The van der Waals surface area contributed by atoms with Crippen LogP contribution in [0.3, 0.4) is 0 Å². The minimum Gasteiger partial charge on any atom is -0.396 e. The first-order valence-corrected chi connectivity index (χ1v) is 7.74. The van der Waals surface area contributed by atoms with Crippen LogP contribution >= 0.6 is 0 Å². The van der Waals surface area contributed by atoms with Crippen LogP contribution in [-0.2, 0) is 6.54 Å². The van der Waals surface area contributed by atoms with Gasteiger partial charge in [0.2, 0.25) is 0 Å². The number of likely N-dealkylation sites (tertiary alicyclic amines) is 1. The molecule has 0 radical (unpaired) electrons. The van der Waals surface area contributed by atoms with Crippen molar-refractivity contribution in [1.29, 1.82) is 0 Å². The molecule has 6 heteroatoms. The van der Waals surface area contributed by atoms with Crippen LogP contribution in [0.15, 0.2) is 0 Å². The fourth-order valence-corrected chi connectivity index (χ4v) is 3.06. The van der Waals surface area contributed by atoms with E-state index in [9.17, 15) is 5.11 Å². The first-order valence-electron chi connectivity index (χ1n) is 7.74. The van der Waals surface area contributed by atoms with Crippen molar-refractivity contribution in [3.8, 4) is 0 Å². The Kier molecular flexibility index (Phi) is 5.24. The second-order valence-electron chi connectivity index (χ2n) is 6.39. The maximum Gasteiger partial charge on any atom is 0.0862 e. The van der Waals surface area contributed by atoms with Crippen molar-refractivity contribution in [2.24, 2.45) is 0 Å². The monoisotopic (exact) mass is 295 g/mol. The fourth-order valence-electron chi connectivity index (χ4n) is 3.06. The quantitative estimate of drug-likeness (QED) is 0.826. The van der Waals surface area contributed by atoms with E-state index in [-0.39, 0.29) is 0 Å². The van der Waals surface area contributed by atoms with Crippen molar-refractivity contribution in [2.45, 2.75) is 45.4 Å². The van der Waals surface area contributed by atoms with Crippen LogP contribution in [0.25, 0.3) is 0 Å². The zero-order chi connectivity index (χ0) is 15.6. The van der Waals surface area contributed by atoms with Gasteiger partial charge >= 0.3 is 0 Å². The van der Waals surface area contributed by atoms with Gasteiger partial charge < -0.3 is 20.6 Å². The Labute approximate surface area is 127 Å². The molecule has 0 amide bonds. The lowest BCUT2D eigenvalue weighted by Gasteiger charge is -2.36. The van der Waals surface area contributed by atoms with Gasteiger partial charge in [-0.2, -0.15) is 5.10 Å². The third-order valence-corrected chi connectivity index (χ3v) is 4.63. The lowest BCUT2D eigenvalue weighted by atomic mass is 10.0. The van der Waals surface area contributed by atoms with Gasteiger partial charge in [-0.05, 0) is 53.9 Å². The van der Waals surface area contributed by atoms with Crippen molar-refractivity contribution < 1.29 is 5.11 Å². The summed E-state index contributed by atoms with van der Waals surface area (Å²) in [6, 6.07) is 0.571. The maximum absolute atomic E-state index is 10.3. The number of aromatic nitrogens is 2. The number of aliphatic hydroxyl groups is 1. The Hall–Kier alpha value is -1.11. The smallest absolute Gasteiger partial charge is 0.0862 e. The van der Waals surface area contributed by atoms with Crippen LogP contribution in [0.4, 0.5) is 5.69 Å². The number of nitrogens with two attached hydrogens (primary N) is 1. The molecule has 0 spiro atoms. The van der Waals surface area contributed by atoms with E-state index in [0.717, 1.165) is 30.2 Å². The summed E-state index contributed by atoms with van der Waals surface area (Å²) in [7, 11) is 4.27. The van der Waals surface area contributed by atoms with Gasteiger partial charge in [-0.3, -0.25) is 4.68 Å². The summed E-state index contributed by atoms with van der Waals surface area (Å²) in [5.74, 6) is 0. The number of hydrogen-bond donors (Lipinski definition) is 2. The van der Waals surface area contributed by atoms with Crippen molar-refractivity contribution in [2.75, 3.05) is 39.5 Å². The predicted octanol–water partition coefficient (Wildman–Crippen LogP) is 0.469. The average Bonchev–Trinajstić information content (AvgIpc) is 2.67. The average molecular weight is 295 g/mol. The highest BCUT2D eigenvalue weighted by atomic mass is 16.3. The molecule has 1 aromatic heterocycles. The molecule has 0 aliphatic carbocycles. The summed E-state index contributed by atoms with van der Waals surface area (Å²) >= 11 is 0. The van der Waals surface area contributed by atoms with Crippen LogP contribution in [0.5, 0.6) is 0 Å². The number of rotatable bonds is 5. The molecule has 0 saturated carbocycles. The molecule has 3 N–H and O–H groups in total. The van der Waals surface area contributed by atoms with Crippen LogP contribution in [0.1, 0.15) is 24.2 Å². The molecule has 1 saturated heterocycles. The van der Waals surface area contributed by atoms with Crippen LogP contribution in [0.2, 0.25) is 0 Å². The first kappa shape index (κ1) is 16.3. The molecule has 21 heavy (non-hydrogen) atoms. The number of piperidine rings is 1. The molecule has 1 aliphatic rings. The second-order valence-corrected chi connectivity index (χ2v) is 6.39. The summed E-state index contributed by atoms with van der Waals surface area (Å²) in [4.78, 5) is 4.64. The largest absolute Gasteiger partial charge is 0.396 e. The Balaban J connectivity index is 1.86. The molecule has 0 bridgehead atoms. The maximum atomic E-state index is 10.3. The normalized spacial score (nSPS) is 19.3.